The van der Waals surface area contributed by atoms with Crippen molar-refractivity contribution < 1.29 is 4.79 Å². The summed E-state index contributed by atoms with van der Waals surface area (Å²) in [6.07, 6.45) is 0.843. The van der Waals surface area contributed by atoms with Gasteiger partial charge in [-0.2, -0.15) is 0 Å². The van der Waals surface area contributed by atoms with E-state index in [1.807, 2.05) is 18.2 Å². The lowest BCUT2D eigenvalue weighted by atomic mass is 9.77. The third kappa shape index (κ3) is 2.58. The molecule has 0 fully saturated rings. The summed E-state index contributed by atoms with van der Waals surface area (Å²) in [5.41, 5.74) is 2.44. The van der Waals surface area contributed by atoms with Gasteiger partial charge < -0.3 is 4.90 Å². The molecule has 0 radical (unpaired) electrons. The van der Waals surface area contributed by atoms with Crippen molar-refractivity contribution in [3.05, 3.63) is 35.4 Å². The maximum absolute atomic E-state index is 12.3. The highest BCUT2D eigenvalue weighted by atomic mass is 35.5. The number of amides is 1. The zero-order valence-corrected chi connectivity index (χ0v) is 11.0. The van der Waals surface area contributed by atoms with Crippen molar-refractivity contribution in [3.63, 3.8) is 0 Å². The van der Waals surface area contributed by atoms with Crippen molar-refractivity contribution in [1.82, 2.24) is 4.90 Å². The zero-order valence-electron chi connectivity index (χ0n) is 9.53. The van der Waals surface area contributed by atoms with Gasteiger partial charge in [-0.05, 0) is 17.5 Å². The summed E-state index contributed by atoms with van der Waals surface area (Å²) in [6.45, 7) is 1.15. The molecule has 4 heteroatoms. The van der Waals surface area contributed by atoms with Crippen LogP contribution in [0.1, 0.15) is 17.0 Å². The molecule has 0 saturated carbocycles. The molecular weight excluding hydrogens is 257 g/mol. The highest BCUT2D eigenvalue weighted by Crippen LogP contribution is 2.36. The molecule has 0 saturated heterocycles. The van der Waals surface area contributed by atoms with Gasteiger partial charge in [0.15, 0.2) is 0 Å². The highest BCUT2D eigenvalue weighted by Gasteiger charge is 2.34. The van der Waals surface area contributed by atoms with Crippen LogP contribution in [-0.2, 0) is 11.2 Å². The van der Waals surface area contributed by atoms with E-state index < -0.39 is 0 Å². The minimum Gasteiger partial charge on any atom is -0.340 e. The van der Waals surface area contributed by atoms with Gasteiger partial charge in [0, 0.05) is 24.8 Å². The Morgan fingerprint density at radius 1 is 1.24 bits per heavy atom. The van der Waals surface area contributed by atoms with Crippen molar-refractivity contribution >= 4 is 29.1 Å². The maximum atomic E-state index is 12.3. The zero-order chi connectivity index (χ0) is 12.3. The van der Waals surface area contributed by atoms with E-state index in [0.29, 0.717) is 24.8 Å². The lowest BCUT2D eigenvalue weighted by Crippen LogP contribution is -2.41. The number of rotatable bonds is 5. The smallest absolute Gasteiger partial charge is 0.230 e. The fourth-order valence-corrected chi connectivity index (χ4v) is 2.64. The number of halogens is 2. The van der Waals surface area contributed by atoms with Crippen LogP contribution in [0.5, 0.6) is 0 Å². The van der Waals surface area contributed by atoms with E-state index in [1.165, 1.54) is 5.56 Å². The van der Waals surface area contributed by atoms with Crippen LogP contribution in [0.3, 0.4) is 0 Å². The molecule has 0 heterocycles. The Morgan fingerprint density at radius 2 is 1.88 bits per heavy atom. The Bertz CT molecular complexity index is 402. The average Bonchev–Trinajstić information content (AvgIpc) is 2.30. The first kappa shape index (κ1) is 12.7. The van der Waals surface area contributed by atoms with Gasteiger partial charge in [0.25, 0.3) is 0 Å². The van der Waals surface area contributed by atoms with E-state index in [-0.39, 0.29) is 11.8 Å². The number of benzene rings is 1. The summed E-state index contributed by atoms with van der Waals surface area (Å²) in [5, 5.41) is 0. The molecule has 2 nitrogen and oxygen atoms in total. The summed E-state index contributed by atoms with van der Waals surface area (Å²) in [5.74, 6) is 1.08. The van der Waals surface area contributed by atoms with Crippen LogP contribution in [0.2, 0.25) is 0 Å². The number of carbonyl (C=O) groups excluding carboxylic acids is 1. The molecule has 1 aromatic rings. The topological polar surface area (TPSA) is 20.3 Å². The van der Waals surface area contributed by atoms with E-state index >= 15 is 0 Å². The van der Waals surface area contributed by atoms with E-state index in [0.717, 1.165) is 12.0 Å². The van der Waals surface area contributed by atoms with E-state index in [4.69, 9.17) is 23.2 Å². The minimum absolute atomic E-state index is 0.0117. The molecular formula is C13H15Cl2NO. The van der Waals surface area contributed by atoms with Crippen molar-refractivity contribution in [2.75, 3.05) is 24.8 Å². The molecule has 1 aliphatic carbocycles. The number of nitrogens with zero attached hydrogens (tertiary/aromatic N) is 1. The summed E-state index contributed by atoms with van der Waals surface area (Å²) in [4.78, 5) is 14.0. The molecule has 1 atom stereocenters. The lowest BCUT2D eigenvalue weighted by Gasteiger charge is -2.33. The molecule has 1 unspecified atom stereocenters. The number of hydrogen-bond donors (Lipinski definition) is 0. The molecule has 2 rings (SSSR count). The van der Waals surface area contributed by atoms with Crippen molar-refractivity contribution in [2.24, 2.45) is 0 Å². The summed E-state index contributed by atoms with van der Waals surface area (Å²) in [6, 6.07) is 8.09. The molecule has 0 bridgehead atoms. The van der Waals surface area contributed by atoms with Crippen LogP contribution in [0, 0.1) is 0 Å². The number of alkyl halides is 2. The number of fused-ring (bicyclic) bond motifs is 1. The number of carbonyl (C=O) groups is 1. The molecule has 17 heavy (non-hydrogen) atoms. The fraction of sp³-hybridized carbons (Fsp3) is 0.462. The first-order valence-corrected chi connectivity index (χ1v) is 6.83. The Kier molecular flexibility index (Phi) is 4.30. The Hall–Kier alpha value is -0.730. The maximum Gasteiger partial charge on any atom is 0.230 e. The Balaban J connectivity index is 2.06. The average molecular weight is 272 g/mol. The van der Waals surface area contributed by atoms with Crippen LogP contribution >= 0.6 is 23.2 Å². The van der Waals surface area contributed by atoms with Crippen molar-refractivity contribution in [1.29, 1.82) is 0 Å². The predicted octanol–water partition coefficient (Wildman–Crippen LogP) is 2.63. The summed E-state index contributed by atoms with van der Waals surface area (Å²) in [7, 11) is 0. The monoisotopic (exact) mass is 271 g/mol. The van der Waals surface area contributed by atoms with Crippen LogP contribution in [0.25, 0.3) is 0 Å². The highest BCUT2D eigenvalue weighted by molar-refractivity contribution is 6.18. The Labute approximate surface area is 112 Å². The standard InChI is InChI=1S/C13H15Cl2NO/c14-5-7-16(8-6-15)13(17)12-9-10-3-1-2-4-11(10)12/h1-4,12H,5-9H2. The van der Waals surface area contributed by atoms with Crippen LogP contribution in [0.15, 0.2) is 24.3 Å². The molecule has 0 aromatic heterocycles. The van der Waals surface area contributed by atoms with E-state index in [2.05, 4.69) is 6.07 Å². The lowest BCUT2D eigenvalue weighted by molar-refractivity contribution is -0.132. The SMILES string of the molecule is O=C(C1Cc2ccccc21)N(CCCl)CCCl. The molecule has 1 amide bonds. The first-order valence-electron chi connectivity index (χ1n) is 5.76. The van der Waals surface area contributed by atoms with Gasteiger partial charge in [-0.3, -0.25) is 4.79 Å². The quantitative estimate of drug-likeness (QED) is 0.754. The second-order valence-electron chi connectivity index (χ2n) is 4.16. The molecule has 0 spiro atoms. The fourth-order valence-electron chi connectivity index (χ4n) is 2.24. The first-order chi connectivity index (χ1) is 8.27. The number of hydrogen-bond acceptors (Lipinski definition) is 1. The van der Waals surface area contributed by atoms with Gasteiger partial charge in [0.1, 0.15) is 0 Å². The second-order valence-corrected chi connectivity index (χ2v) is 4.91. The van der Waals surface area contributed by atoms with Gasteiger partial charge in [-0.25, -0.2) is 0 Å². The van der Waals surface area contributed by atoms with Gasteiger partial charge in [0.2, 0.25) is 5.91 Å². The molecule has 1 aliphatic rings. The van der Waals surface area contributed by atoms with Crippen LogP contribution in [-0.4, -0.2) is 35.7 Å². The van der Waals surface area contributed by atoms with E-state index in [9.17, 15) is 4.79 Å². The van der Waals surface area contributed by atoms with Crippen LogP contribution in [0.4, 0.5) is 0 Å². The van der Waals surface area contributed by atoms with Gasteiger partial charge in [0.05, 0.1) is 5.92 Å². The van der Waals surface area contributed by atoms with Crippen molar-refractivity contribution in [3.8, 4) is 0 Å². The molecule has 0 N–H and O–H groups in total. The summed E-state index contributed by atoms with van der Waals surface area (Å²) >= 11 is 11.4. The van der Waals surface area contributed by atoms with Gasteiger partial charge >= 0.3 is 0 Å². The van der Waals surface area contributed by atoms with Crippen LogP contribution < -0.4 is 0 Å². The third-order valence-corrected chi connectivity index (χ3v) is 3.51. The van der Waals surface area contributed by atoms with E-state index in [1.54, 1.807) is 4.90 Å². The predicted molar refractivity (Wildman–Crippen MR) is 70.9 cm³/mol. The third-order valence-electron chi connectivity index (χ3n) is 3.17. The molecule has 0 aliphatic heterocycles. The largest absolute Gasteiger partial charge is 0.340 e. The summed E-state index contributed by atoms with van der Waals surface area (Å²) < 4.78 is 0. The normalized spacial score (nSPS) is 17.2. The van der Waals surface area contributed by atoms with Gasteiger partial charge in [-0.15, -0.1) is 23.2 Å². The Morgan fingerprint density at radius 3 is 2.47 bits per heavy atom. The van der Waals surface area contributed by atoms with Gasteiger partial charge in [-0.1, -0.05) is 24.3 Å². The molecule has 92 valence electrons. The second kappa shape index (κ2) is 5.74. The minimum atomic E-state index is 0.0117. The van der Waals surface area contributed by atoms with Crippen molar-refractivity contribution in [2.45, 2.75) is 12.3 Å². The molecule has 1 aromatic carbocycles.